The molecule has 2 aromatic rings. The number of nitrogens with one attached hydrogen (secondary N) is 1. The van der Waals surface area contributed by atoms with Crippen LogP contribution in [0.15, 0.2) is 22.4 Å². The number of aromatic nitrogens is 2. The molecule has 8 nitrogen and oxygen atoms in total. The molecule has 0 radical (unpaired) electrons. The van der Waals surface area contributed by atoms with Crippen molar-refractivity contribution in [2.24, 2.45) is 0 Å². The minimum atomic E-state index is -1.01. The zero-order chi connectivity index (χ0) is 15.0. The zero-order valence-electron chi connectivity index (χ0n) is 10.9. The van der Waals surface area contributed by atoms with Gasteiger partial charge in [0, 0.05) is 30.7 Å². The van der Waals surface area contributed by atoms with Gasteiger partial charge in [-0.15, -0.1) is 11.3 Å². The maximum atomic E-state index is 11.9. The van der Waals surface area contributed by atoms with E-state index < -0.39 is 12.0 Å². The molecule has 3 heterocycles. The molecule has 21 heavy (non-hydrogen) atoms. The second-order valence-corrected chi connectivity index (χ2v) is 5.58. The van der Waals surface area contributed by atoms with E-state index in [2.05, 4.69) is 10.3 Å². The number of fused-ring (bicyclic) bond motifs is 1. The third-order valence-electron chi connectivity index (χ3n) is 3.29. The van der Waals surface area contributed by atoms with Gasteiger partial charge in [-0.1, -0.05) is 0 Å². The molecule has 1 aliphatic heterocycles. The smallest absolute Gasteiger partial charge is 0.322 e. The molecular formula is C12H12N4O4S. The van der Waals surface area contributed by atoms with Crippen LogP contribution in [0.5, 0.6) is 0 Å². The SMILES string of the molecule is O=C1CN(Cc2cc(=O)n3ccsc3n2)C(C(=O)O)CN1. The summed E-state index contributed by atoms with van der Waals surface area (Å²) in [4.78, 5) is 40.9. The lowest BCUT2D eigenvalue weighted by Gasteiger charge is -2.32. The second-order valence-electron chi connectivity index (χ2n) is 4.70. The molecule has 1 unspecified atom stereocenters. The van der Waals surface area contributed by atoms with Crippen molar-refractivity contribution >= 4 is 28.2 Å². The number of thiazole rings is 1. The summed E-state index contributed by atoms with van der Waals surface area (Å²) in [5.41, 5.74) is 0.244. The first-order valence-electron chi connectivity index (χ1n) is 6.24. The highest BCUT2D eigenvalue weighted by Gasteiger charge is 2.32. The number of rotatable bonds is 3. The van der Waals surface area contributed by atoms with Crippen LogP contribution in [0.25, 0.3) is 4.96 Å². The maximum Gasteiger partial charge on any atom is 0.322 e. The highest BCUT2D eigenvalue weighted by molar-refractivity contribution is 7.15. The first-order chi connectivity index (χ1) is 10.0. The van der Waals surface area contributed by atoms with Crippen molar-refractivity contribution in [2.45, 2.75) is 12.6 Å². The quantitative estimate of drug-likeness (QED) is 0.765. The molecule has 3 rings (SSSR count). The predicted molar refractivity (Wildman–Crippen MR) is 74.2 cm³/mol. The Morgan fingerprint density at radius 2 is 2.33 bits per heavy atom. The summed E-state index contributed by atoms with van der Waals surface area (Å²) in [5.74, 6) is -1.25. The van der Waals surface area contributed by atoms with Crippen LogP contribution in [0, 0.1) is 0 Å². The van der Waals surface area contributed by atoms with Gasteiger partial charge in [0.2, 0.25) is 5.91 Å². The molecule has 2 N–H and O–H groups in total. The maximum absolute atomic E-state index is 11.9. The van der Waals surface area contributed by atoms with Gasteiger partial charge in [0.05, 0.1) is 12.2 Å². The van der Waals surface area contributed by atoms with Gasteiger partial charge in [-0.3, -0.25) is 23.7 Å². The van der Waals surface area contributed by atoms with Gasteiger partial charge in [-0.25, -0.2) is 4.98 Å². The van der Waals surface area contributed by atoms with E-state index in [0.29, 0.717) is 10.7 Å². The van der Waals surface area contributed by atoms with Crippen LogP contribution in [0.1, 0.15) is 5.69 Å². The zero-order valence-corrected chi connectivity index (χ0v) is 11.7. The molecule has 0 bridgehead atoms. The first-order valence-corrected chi connectivity index (χ1v) is 7.12. The number of amides is 1. The van der Waals surface area contributed by atoms with Gasteiger partial charge in [0.25, 0.3) is 5.56 Å². The normalized spacial score (nSPS) is 19.6. The molecule has 1 amide bonds. The van der Waals surface area contributed by atoms with Crippen molar-refractivity contribution in [1.29, 1.82) is 0 Å². The summed E-state index contributed by atoms with van der Waals surface area (Å²) in [6.07, 6.45) is 1.63. The van der Waals surface area contributed by atoms with Gasteiger partial charge in [-0.05, 0) is 0 Å². The van der Waals surface area contributed by atoms with Crippen LogP contribution >= 0.6 is 11.3 Å². The summed E-state index contributed by atoms with van der Waals surface area (Å²) < 4.78 is 1.42. The molecule has 2 aromatic heterocycles. The Hall–Kier alpha value is -2.26. The Morgan fingerprint density at radius 3 is 3.10 bits per heavy atom. The second kappa shape index (κ2) is 5.26. The molecule has 1 fully saturated rings. The number of hydrogen-bond donors (Lipinski definition) is 2. The number of aliphatic carboxylic acids is 1. The number of nitrogens with zero attached hydrogens (tertiary/aromatic N) is 3. The standard InChI is InChI=1S/C12H12N4O4S/c17-9-6-15(8(4-13-9)11(19)20)5-7-3-10(18)16-1-2-21-12(16)14-7/h1-3,8H,4-6H2,(H,13,17)(H,19,20). The lowest BCUT2D eigenvalue weighted by molar-refractivity contribution is -0.146. The Morgan fingerprint density at radius 1 is 1.52 bits per heavy atom. The number of carbonyl (C=O) groups is 2. The van der Waals surface area contributed by atoms with Crippen LogP contribution in [0.2, 0.25) is 0 Å². The summed E-state index contributed by atoms with van der Waals surface area (Å²) in [7, 11) is 0. The molecule has 9 heteroatoms. The number of hydrogen-bond acceptors (Lipinski definition) is 6. The van der Waals surface area contributed by atoms with Gasteiger partial charge in [0.15, 0.2) is 4.96 Å². The minimum absolute atomic E-state index is 0.0253. The van der Waals surface area contributed by atoms with Gasteiger partial charge in [0.1, 0.15) is 6.04 Å². The molecule has 0 aromatic carbocycles. The molecule has 1 aliphatic rings. The predicted octanol–water partition coefficient (Wildman–Crippen LogP) is -0.859. The van der Waals surface area contributed by atoms with E-state index in [-0.39, 0.29) is 31.1 Å². The largest absolute Gasteiger partial charge is 0.480 e. The third-order valence-corrected chi connectivity index (χ3v) is 4.04. The lowest BCUT2D eigenvalue weighted by atomic mass is 10.2. The highest BCUT2D eigenvalue weighted by Crippen LogP contribution is 2.11. The van der Waals surface area contributed by atoms with Crippen molar-refractivity contribution in [1.82, 2.24) is 19.6 Å². The average molecular weight is 308 g/mol. The van der Waals surface area contributed by atoms with E-state index >= 15 is 0 Å². The number of carboxylic acids is 1. The summed E-state index contributed by atoms with van der Waals surface area (Å²) >= 11 is 1.32. The Balaban J connectivity index is 1.90. The highest BCUT2D eigenvalue weighted by atomic mass is 32.1. The fourth-order valence-corrected chi connectivity index (χ4v) is 3.02. The monoisotopic (exact) mass is 308 g/mol. The summed E-state index contributed by atoms with van der Waals surface area (Å²) in [5, 5.41) is 13.5. The van der Waals surface area contributed by atoms with E-state index in [1.165, 1.54) is 26.7 Å². The summed E-state index contributed by atoms with van der Waals surface area (Å²) in [6, 6.07) is 0.553. The van der Waals surface area contributed by atoms with Crippen LogP contribution in [-0.2, 0) is 16.1 Å². The topological polar surface area (TPSA) is 104 Å². The first kappa shape index (κ1) is 13.7. The number of carboxylic acid groups (broad SMARTS) is 1. The van der Waals surface area contributed by atoms with E-state index in [9.17, 15) is 19.5 Å². The molecule has 110 valence electrons. The third kappa shape index (κ3) is 2.65. The number of piperazine rings is 1. The molecule has 0 aliphatic carbocycles. The van der Waals surface area contributed by atoms with Gasteiger partial charge in [-0.2, -0.15) is 0 Å². The fraction of sp³-hybridized carbons (Fsp3) is 0.333. The van der Waals surface area contributed by atoms with Crippen LogP contribution in [0.3, 0.4) is 0 Å². The van der Waals surface area contributed by atoms with E-state index in [4.69, 9.17) is 0 Å². The van der Waals surface area contributed by atoms with Gasteiger partial charge < -0.3 is 10.4 Å². The van der Waals surface area contributed by atoms with Crippen molar-refractivity contribution in [2.75, 3.05) is 13.1 Å². The molecular weight excluding hydrogens is 296 g/mol. The summed E-state index contributed by atoms with van der Waals surface area (Å²) in [6.45, 7) is 0.172. The van der Waals surface area contributed by atoms with E-state index in [1.54, 1.807) is 11.6 Å². The Kier molecular flexibility index (Phi) is 3.43. The van der Waals surface area contributed by atoms with Crippen molar-refractivity contribution < 1.29 is 14.7 Å². The lowest BCUT2D eigenvalue weighted by Crippen LogP contribution is -2.57. The Bertz CT molecular complexity index is 768. The van der Waals surface area contributed by atoms with Crippen molar-refractivity contribution in [3.8, 4) is 0 Å². The fourth-order valence-electron chi connectivity index (χ4n) is 2.28. The van der Waals surface area contributed by atoms with Crippen molar-refractivity contribution in [3.63, 3.8) is 0 Å². The molecule has 1 atom stereocenters. The Labute approximate surface area is 122 Å². The van der Waals surface area contributed by atoms with Crippen LogP contribution < -0.4 is 10.9 Å². The van der Waals surface area contributed by atoms with Crippen LogP contribution in [0.4, 0.5) is 0 Å². The van der Waals surface area contributed by atoms with Crippen LogP contribution in [-0.4, -0.2) is 50.4 Å². The molecule has 0 saturated carbocycles. The molecule has 1 saturated heterocycles. The average Bonchev–Trinajstić information content (AvgIpc) is 2.87. The van der Waals surface area contributed by atoms with E-state index in [0.717, 1.165) is 0 Å². The van der Waals surface area contributed by atoms with Crippen molar-refractivity contribution in [3.05, 3.63) is 33.7 Å². The minimum Gasteiger partial charge on any atom is -0.480 e. The van der Waals surface area contributed by atoms with E-state index in [1.807, 2.05) is 0 Å². The number of carbonyl (C=O) groups excluding carboxylic acids is 1. The molecule has 0 spiro atoms. The van der Waals surface area contributed by atoms with Gasteiger partial charge >= 0.3 is 5.97 Å².